The highest BCUT2D eigenvalue weighted by Crippen LogP contribution is 2.41. The van der Waals surface area contributed by atoms with E-state index in [1.54, 1.807) is 12.1 Å². The normalized spacial score (nSPS) is 26.0. The van der Waals surface area contributed by atoms with Crippen molar-refractivity contribution in [2.45, 2.75) is 38.2 Å². The lowest BCUT2D eigenvalue weighted by molar-refractivity contribution is -0.144. The van der Waals surface area contributed by atoms with Crippen LogP contribution in [0.3, 0.4) is 0 Å². The van der Waals surface area contributed by atoms with Gasteiger partial charge >= 0.3 is 5.97 Å². The SMILES string of the molecule is O=C1CCc2cc(C(O)C3CCCC3C(=O)O)ccc2N1. The minimum atomic E-state index is -0.818. The van der Waals surface area contributed by atoms with E-state index in [2.05, 4.69) is 5.32 Å². The lowest BCUT2D eigenvalue weighted by Crippen LogP contribution is -2.24. The van der Waals surface area contributed by atoms with Gasteiger partial charge in [0.2, 0.25) is 5.91 Å². The molecule has 0 bridgehead atoms. The molecule has 1 heterocycles. The minimum Gasteiger partial charge on any atom is -0.481 e. The number of aryl methyl sites for hydroxylation is 1. The molecule has 0 radical (unpaired) electrons. The van der Waals surface area contributed by atoms with Crippen LogP contribution in [0.4, 0.5) is 5.69 Å². The van der Waals surface area contributed by atoms with Gasteiger partial charge in [0.15, 0.2) is 0 Å². The Bertz CT molecular complexity index is 584. The summed E-state index contributed by atoms with van der Waals surface area (Å²) in [6.07, 6.45) is 2.59. The molecule has 5 nitrogen and oxygen atoms in total. The smallest absolute Gasteiger partial charge is 0.306 e. The zero-order valence-electron chi connectivity index (χ0n) is 11.7. The van der Waals surface area contributed by atoms with Crippen LogP contribution >= 0.6 is 0 Å². The van der Waals surface area contributed by atoms with Gasteiger partial charge in [-0.05, 0) is 36.5 Å². The summed E-state index contributed by atoms with van der Waals surface area (Å²) in [4.78, 5) is 22.6. The highest BCUT2D eigenvalue weighted by Gasteiger charge is 2.38. The third kappa shape index (κ3) is 2.65. The van der Waals surface area contributed by atoms with E-state index >= 15 is 0 Å². The summed E-state index contributed by atoms with van der Waals surface area (Å²) < 4.78 is 0. The number of amides is 1. The third-order valence-corrected chi connectivity index (χ3v) is 4.66. The summed E-state index contributed by atoms with van der Waals surface area (Å²) in [5.41, 5.74) is 2.56. The number of carbonyl (C=O) groups is 2. The molecule has 1 aliphatic carbocycles. The second-order valence-electron chi connectivity index (χ2n) is 5.95. The molecule has 112 valence electrons. The number of carboxylic acid groups (broad SMARTS) is 1. The van der Waals surface area contributed by atoms with E-state index in [-0.39, 0.29) is 11.8 Å². The van der Waals surface area contributed by atoms with E-state index in [0.717, 1.165) is 29.7 Å². The van der Waals surface area contributed by atoms with Crippen molar-refractivity contribution in [3.05, 3.63) is 29.3 Å². The minimum absolute atomic E-state index is 0.0116. The van der Waals surface area contributed by atoms with Crippen LogP contribution in [0.15, 0.2) is 18.2 Å². The van der Waals surface area contributed by atoms with Gasteiger partial charge in [-0.15, -0.1) is 0 Å². The highest BCUT2D eigenvalue weighted by molar-refractivity contribution is 5.93. The van der Waals surface area contributed by atoms with Crippen LogP contribution in [0.25, 0.3) is 0 Å². The number of aliphatic carboxylic acids is 1. The number of hydrogen-bond donors (Lipinski definition) is 3. The van der Waals surface area contributed by atoms with Gasteiger partial charge in [-0.1, -0.05) is 18.6 Å². The standard InChI is InChI=1S/C16H19NO4/c18-14-7-5-9-8-10(4-6-13(9)17-14)15(19)11-2-1-3-12(11)16(20)21/h4,6,8,11-12,15,19H,1-3,5,7H2,(H,17,18)(H,20,21). The molecule has 1 aliphatic heterocycles. The average Bonchev–Trinajstić information content (AvgIpc) is 2.95. The Labute approximate surface area is 123 Å². The van der Waals surface area contributed by atoms with Crippen molar-refractivity contribution < 1.29 is 19.8 Å². The molecular formula is C16H19NO4. The molecule has 1 aromatic rings. The van der Waals surface area contributed by atoms with Crippen LogP contribution in [0, 0.1) is 11.8 Å². The Kier molecular flexibility index (Phi) is 3.68. The van der Waals surface area contributed by atoms with Gasteiger partial charge in [-0.3, -0.25) is 9.59 Å². The summed E-state index contributed by atoms with van der Waals surface area (Å²) >= 11 is 0. The van der Waals surface area contributed by atoms with Crippen molar-refractivity contribution in [2.75, 3.05) is 5.32 Å². The summed E-state index contributed by atoms with van der Waals surface area (Å²) in [5.74, 6) is -1.49. The Balaban J connectivity index is 1.83. The largest absolute Gasteiger partial charge is 0.481 e. The summed E-state index contributed by atoms with van der Waals surface area (Å²) in [6, 6.07) is 5.48. The lowest BCUT2D eigenvalue weighted by atomic mass is 9.86. The predicted octanol–water partition coefficient (Wildman–Crippen LogP) is 2.11. The van der Waals surface area contributed by atoms with Crippen molar-refractivity contribution in [1.29, 1.82) is 0 Å². The highest BCUT2D eigenvalue weighted by atomic mass is 16.4. The number of fused-ring (bicyclic) bond motifs is 1. The summed E-state index contributed by atoms with van der Waals surface area (Å²) in [7, 11) is 0. The van der Waals surface area contributed by atoms with Crippen molar-refractivity contribution >= 4 is 17.6 Å². The van der Waals surface area contributed by atoms with Gasteiger partial charge in [0, 0.05) is 18.0 Å². The van der Waals surface area contributed by atoms with Crippen LogP contribution in [-0.4, -0.2) is 22.1 Å². The number of anilines is 1. The van der Waals surface area contributed by atoms with E-state index in [1.807, 2.05) is 6.07 Å². The molecule has 21 heavy (non-hydrogen) atoms. The Hall–Kier alpha value is -1.88. The predicted molar refractivity (Wildman–Crippen MR) is 76.8 cm³/mol. The first-order valence-corrected chi connectivity index (χ1v) is 7.40. The molecule has 1 aromatic carbocycles. The summed E-state index contributed by atoms with van der Waals surface area (Å²) in [6.45, 7) is 0. The van der Waals surface area contributed by atoms with Gasteiger partial charge in [0.25, 0.3) is 0 Å². The number of nitrogens with one attached hydrogen (secondary N) is 1. The van der Waals surface area contributed by atoms with Crippen LogP contribution in [0.5, 0.6) is 0 Å². The van der Waals surface area contributed by atoms with E-state index in [9.17, 15) is 19.8 Å². The second kappa shape index (κ2) is 5.48. The van der Waals surface area contributed by atoms with Crippen molar-refractivity contribution in [3.8, 4) is 0 Å². The van der Waals surface area contributed by atoms with Crippen LogP contribution in [-0.2, 0) is 16.0 Å². The van der Waals surface area contributed by atoms with E-state index in [1.165, 1.54) is 0 Å². The molecule has 1 fully saturated rings. The van der Waals surface area contributed by atoms with Gasteiger partial charge < -0.3 is 15.5 Å². The molecule has 2 aliphatic rings. The maximum absolute atomic E-state index is 11.3. The topological polar surface area (TPSA) is 86.6 Å². The fourth-order valence-corrected chi connectivity index (χ4v) is 3.51. The number of rotatable bonds is 3. The number of hydrogen-bond acceptors (Lipinski definition) is 3. The van der Waals surface area contributed by atoms with E-state index in [0.29, 0.717) is 19.3 Å². The zero-order valence-corrected chi connectivity index (χ0v) is 11.7. The second-order valence-corrected chi connectivity index (χ2v) is 5.95. The molecule has 3 atom stereocenters. The van der Waals surface area contributed by atoms with Crippen LogP contribution in [0.1, 0.15) is 42.9 Å². The molecule has 5 heteroatoms. The molecule has 1 saturated carbocycles. The number of aliphatic hydroxyl groups is 1. The quantitative estimate of drug-likeness (QED) is 0.795. The lowest BCUT2D eigenvalue weighted by Gasteiger charge is -2.24. The fourth-order valence-electron chi connectivity index (χ4n) is 3.51. The number of aliphatic hydroxyl groups excluding tert-OH is 1. The molecule has 0 spiro atoms. The van der Waals surface area contributed by atoms with Gasteiger partial charge in [0.1, 0.15) is 0 Å². The first kappa shape index (κ1) is 14.1. The molecule has 3 rings (SSSR count). The number of carboxylic acids is 1. The molecule has 1 amide bonds. The molecule has 0 saturated heterocycles. The van der Waals surface area contributed by atoms with Gasteiger partial charge in [0.05, 0.1) is 12.0 Å². The molecule has 3 unspecified atom stereocenters. The monoisotopic (exact) mass is 289 g/mol. The number of benzene rings is 1. The number of carbonyl (C=O) groups excluding carboxylic acids is 1. The van der Waals surface area contributed by atoms with Crippen molar-refractivity contribution in [1.82, 2.24) is 0 Å². The summed E-state index contributed by atoms with van der Waals surface area (Å²) in [5, 5.41) is 22.6. The van der Waals surface area contributed by atoms with Crippen LogP contribution in [0.2, 0.25) is 0 Å². The third-order valence-electron chi connectivity index (χ3n) is 4.66. The maximum atomic E-state index is 11.3. The molecule has 3 N–H and O–H groups in total. The Morgan fingerprint density at radius 1 is 1.29 bits per heavy atom. The van der Waals surface area contributed by atoms with E-state index < -0.39 is 18.0 Å². The zero-order chi connectivity index (χ0) is 15.0. The van der Waals surface area contributed by atoms with E-state index in [4.69, 9.17) is 0 Å². The van der Waals surface area contributed by atoms with Gasteiger partial charge in [-0.25, -0.2) is 0 Å². The fraction of sp³-hybridized carbons (Fsp3) is 0.500. The average molecular weight is 289 g/mol. The van der Waals surface area contributed by atoms with Gasteiger partial charge in [-0.2, -0.15) is 0 Å². The first-order chi connectivity index (χ1) is 10.1. The first-order valence-electron chi connectivity index (χ1n) is 7.40. The Morgan fingerprint density at radius 2 is 2.10 bits per heavy atom. The Morgan fingerprint density at radius 3 is 2.86 bits per heavy atom. The molecule has 0 aromatic heterocycles. The molecular weight excluding hydrogens is 270 g/mol. The van der Waals surface area contributed by atoms with Crippen molar-refractivity contribution in [3.63, 3.8) is 0 Å². The van der Waals surface area contributed by atoms with Crippen LogP contribution < -0.4 is 5.32 Å². The van der Waals surface area contributed by atoms with Crippen molar-refractivity contribution in [2.24, 2.45) is 11.8 Å². The maximum Gasteiger partial charge on any atom is 0.306 e.